The summed E-state index contributed by atoms with van der Waals surface area (Å²) in [6.07, 6.45) is 8.32. The first kappa shape index (κ1) is 13.3. The van der Waals surface area contributed by atoms with E-state index in [0.29, 0.717) is 5.92 Å². The summed E-state index contributed by atoms with van der Waals surface area (Å²) < 4.78 is 0. The maximum Gasteiger partial charge on any atom is 0.0195 e. The summed E-state index contributed by atoms with van der Waals surface area (Å²) in [5.74, 6) is 0.573. The van der Waals surface area contributed by atoms with E-state index in [4.69, 9.17) is 0 Å². The van der Waals surface area contributed by atoms with E-state index in [1.165, 1.54) is 38.6 Å². The first-order valence-electron chi connectivity index (χ1n) is 8.37. The van der Waals surface area contributed by atoms with Gasteiger partial charge in [-0.05, 0) is 62.7 Å². The number of hydrogen-bond donors (Lipinski definition) is 0. The highest BCUT2D eigenvalue weighted by atomic mass is 32.1. The van der Waals surface area contributed by atoms with Crippen LogP contribution in [0.2, 0.25) is 0 Å². The molecule has 23 heavy (non-hydrogen) atoms. The van der Waals surface area contributed by atoms with Crippen molar-refractivity contribution in [3.63, 3.8) is 0 Å². The van der Waals surface area contributed by atoms with Crippen LogP contribution >= 0.6 is 11.3 Å². The van der Waals surface area contributed by atoms with Gasteiger partial charge in [0, 0.05) is 10.8 Å². The molecule has 2 aromatic carbocycles. The van der Waals surface area contributed by atoms with Crippen LogP contribution in [0.15, 0.2) is 53.9 Å². The summed E-state index contributed by atoms with van der Waals surface area (Å²) in [5.41, 5.74) is 3.14. The fourth-order valence-corrected chi connectivity index (χ4v) is 5.07. The van der Waals surface area contributed by atoms with Crippen molar-refractivity contribution in [2.45, 2.75) is 25.2 Å². The molecule has 0 amide bonds. The second kappa shape index (κ2) is 5.21. The van der Waals surface area contributed by atoms with Crippen LogP contribution in [-0.2, 0) is 6.42 Å². The molecule has 0 bridgehead atoms. The van der Waals surface area contributed by atoms with Gasteiger partial charge in [-0.1, -0.05) is 54.6 Å². The van der Waals surface area contributed by atoms with Crippen molar-refractivity contribution < 1.29 is 0 Å². The standard InChI is InChI=1S/C22H18S/c1-2-7-17-15(5-1)10-13-19-18(17)12-11-16-6-3-8-20(22(16)19)21-9-4-14-23-21/h1-2,4-7,9-12,14,20H,3,8,13H2. The van der Waals surface area contributed by atoms with E-state index in [9.17, 15) is 0 Å². The van der Waals surface area contributed by atoms with Gasteiger partial charge >= 0.3 is 0 Å². The maximum atomic E-state index is 2.43. The van der Waals surface area contributed by atoms with Gasteiger partial charge < -0.3 is 0 Å². The van der Waals surface area contributed by atoms with Gasteiger partial charge in [-0.25, -0.2) is 0 Å². The van der Waals surface area contributed by atoms with Crippen LogP contribution < -0.4 is 10.4 Å². The van der Waals surface area contributed by atoms with Gasteiger partial charge in [0.05, 0.1) is 0 Å². The summed E-state index contributed by atoms with van der Waals surface area (Å²) in [7, 11) is 0. The first-order chi connectivity index (χ1) is 11.4. The zero-order chi connectivity index (χ0) is 15.2. The molecular weight excluding hydrogens is 296 g/mol. The topological polar surface area (TPSA) is 0 Å². The van der Waals surface area contributed by atoms with E-state index in [1.807, 2.05) is 11.3 Å². The van der Waals surface area contributed by atoms with Crippen LogP contribution in [0.5, 0.6) is 0 Å². The molecule has 0 nitrogen and oxygen atoms in total. The largest absolute Gasteiger partial charge is 0.148 e. The molecule has 0 spiro atoms. The molecule has 0 N–H and O–H groups in total. The highest BCUT2D eigenvalue weighted by molar-refractivity contribution is 7.10. The lowest BCUT2D eigenvalue weighted by Crippen LogP contribution is -2.23. The molecule has 2 aliphatic carbocycles. The van der Waals surface area contributed by atoms with E-state index in [0.717, 1.165) is 6.42 Å². The minimum Gasteiger partial charge on any atom is -0.148 e. The van der Waals surface area contributed by atoms with Crippen molar-refractivity contribution in [2.75, 3.05) is 0 Å². The van der Waals surface area contributed by atoms with Crippen molar-refractivity contribution in [1.29, 1.82) is 0 Å². The van der Waals surface area contributed by atoms with E-state index < -0.39 is 0 Å². The molecule has 112 valence electrons. The zero-order valence-electron chi connectivity index (χ0n) is 13.0. The van der Waals surface area contributed by atoms with Gasteiger partial charge in [0.2, 0.25) is 0 Å². The molecule has 1 heteroatoms. The highest BCUT2D eigenvalue weighted by Gasteiger charge is 2.22. The summed E-state index contributed by atoms with van der Waals surface area (Å²) in [5, 5.41) is 7.89. The molecule has 0 saturated carbocycles. The molecule has 1 atom stereocenters. The van der Waals surface area contributed by atoms with E-state index >= 15 is 0 Å². The monoisotopic (exact) mass is 314 g/mol. The SMILES string of the molecule is C1=c2ccc3c(c2C(c2cccs2)CC1)CC=c1ccccc1=3. The molecule has 3 aromatic rings. The van der Waals surface area contributed by atoms with Crippen molar-refractivity contribution in [3.8, 4) is 0 Å². The third-order valence-corrected chi connectivity index (χ3v) is 6.21. The Morgan fingerprint density at radius 2 is 1.78 bits per heavy atom. The van der Waals surface area contributed by atoms with E-state index in [1.54, 1.807) is 11.1 Å². The number of benzene rings is 2. The van der Waals surface area contributed by atoms with Crippen LogP contribution in [0.4, 0.5) is 0 Å². The molecule has 0 radical (unpaired) electrons. The molecular formula is C22H18S. The van der Waals surface area contributed by atoms with Crippen LogP contribution in [0.3, 0.4) is 0 Å². The first-order valence-corrected chi connectivity index (χ1v) is 9.25. The second-order valence-corrected chi connectivity index (χ2v) is 7.42. The summed E-state index contributed by atoms with van der Waals surface area (Å²) in [6.45, 7) is 0. The average Bonchev–Trinajstić information content (AvgIpc) is 3.15. The van der Waals surface area contributed by atoms with Gasteiger partial charge in [0.15, 0.2) is 0 Å². The Bertz CT molecular complexity index is 1090. The predicted molar refractivity (Wildman–Crippen MR) is 97.8 cm³/mol. The zero-order valence-corrected chi connectivity index (χ0v) is 13.8. The number of hydrogen-bond acceptors (Lipinski definition) is 1. The highest BCUT2D eigenvalue weighted by Crippen LogP contribution is 2.35. The van der Waals surface area contributed by atoms with Crippen molar-refractivity contribution >= 4 is 23.5 Å². The Balaban J connectivity index is 1.90. The summed E-state index contributed by atoms with van der Waals surface area (Å²) in [6, 6.07) is 18.0. The van der Waals surface area contributed by atoms with Gasteiger partial charge in [-0.2, -0.15) is 0 Å². The Hall–Kier alpha value is -2.12. The maximum absolute atomic E-state index is 2.43. The minimum absolute atomic E-state index is 0.573. The molecule has 0 saturated heterocycles. The van der Waals surface area contributed by atoms with Crippen LogP contribution in [0.1, 0.15) is 34.8 Å². The lowest BCUT2D eigenvalue weighted by molar-refractivity contribution is 0.723. The number of thiophene rings is 1. The van der Waals surface area contributed by atoms with Gasteiger partial charge in [-0.3, -0.25) is 0 Å². The Morgan fingerprint density at radius 1 is 0.826 bits per heavy atom. The van der Waals surface area contributed by atoms with E-state index in [2.05, 4.69) is 66.1 Å². The predicted octanol–water partition coefficient (Wildman–Crippen LogP) is 4.08. The minimum atomic E-state index is 0.573. The molecule has 1 aromatic heterocycles. The lowest BCUT2D eigenvalue weighted by Gasteiger charge is -2.24. The van der Waals surface area contributed by atoms with Crippen LogP contribution in [-0.4, -0.2) is 0 Å². The van der Waals surface area contributed by atoms with Gasteiger partial charge in [0.25, 0.3) is 0 Å². The Kier molecular flexibility index (Phi) is 3.02. The summed E-state index contributed by atoms with van der Waals surface area (Å²) >= 11 is 1.91. The van der Waals surface area contributed by atoms with Gasteiger partial charge in [0.1, 0.15) is 0 Å². The van der Waals surface area contributed by atoms with Crippen LogP contribution in [0, 0.1) is 10.4 Å². The van der Waals surface area contributed by atoms with Crippen molar-refractivity contribution in [3.05, 3.63) is 90.8 Å². The van der Waals surface area contributed by atoms with Gasteiger partial charge in [-0.15, -0.1) is 11.3 Å². The lowest BCUT2D eigenvalue weighted by atomic mass is 9.81. The third kappa shape index (κ3) is 2.04. The normalized spacial score (nSPS) is 18.2. The molecule has 1 heterocycles. The second-order valence-electron chi connectivity index (χ2n) is 6.44. The molecule has 0 aliphatic heterocycles. The average molecular weight is 314 g/mol. The fourth-order valence-electron chi connectivity index (χ4n) is 4.20. The fraction of sp³-hybridized carbons (Fsp3) is 0.182. The van der Waals surface area contributed by atoms with Crippen molar-refractivity contribution in [1.82, 2.24) is 0 Å². The van der Waals surface area contributed by atoms with E-state index in [-0.39, 0.29) is 0 Å². The molecule has 1 unspecified atom stereocenters. The molecule has 0 fully saturated rings. The van der Waals surface area contributed by atoms with Crippen molar-refractivity contribution in [2.24, 2.45) is 0 Å². The Labute approximate surface area is 139 Å². The third-order valence-electron chi connectivity index (χ3n) is 5.22. The Morgan fingerprint density at radius 3 is 2.70 bits per heavy atom. The molecule has 5 rings (SSSR count). The quantitative estimate of drug-likeness (QED) is 0.635. The van der Waals surface area contributed by atoms with Crippen LogP contribution in [0.25, 0.3) is 12.2 Å². The smallest absolute Gasteiger partial charge is 0.0195 e. The molecule has 2 aliphatic rings. The number of fused-ring (bicyclic) bond motifs is 4. The number of rotatable bonds is 1. The summed E-state index contributed by atoms with van der Waals surface area (Å²) in [4.78, 5) is 1.52.